The smallest absolute Gasteiger partial charge is 0.325 e. The zero-order chi connectivity index (χ0) is 19.1. The number of hydrogen-bond donors (Lipinski definition) is 1. The maximum atomic E-state index is 12.5. The molecule has 26 heavy (non-hydrogen) atoms. The van der Waals surface area contributed by atoms with Crippen molar-refractivity contribution in [2.45, 2.75) is 6.18 Å². The van der Waals surface area contributed by atoms with E-state index in [4.69, 9.17) is 11.6 Å². The first-order valence-corrected chi connectivity index (χ1v) is 7.68. The number of alkyl halides is 3. The molecule has 0 fully saturated rings. The van der Waals surface area contributed by atoms with E-state index in [1.807, 2.05) is 0 Å². The van der Waals surface area contributed by atoms with E-state index in [0.29, 0.717) is 0 Å². The van der Waals surface area contributed by atoms with Crippen LogP contribution in [0.4, 0.5) is 18.9 Å². The van der Waals surface area contributed by atoms with E-state index in [-0.39, 0.29) is 21.8 Å². The van der Waals surface area contributed by atoms with Crippen molar-refractivity contribution < 1.29 is 27.6 Å². The molecule has 0 atom stereocenters. The van der Waals surface area contributed by atoms with Crippen LogP contribution >= 0.6 is 11.6 Å². The summed E-state index contributed by atoms with van der Waals surface area (Å²) in [4.78, 5) is 37.3. The van der Waals surface area contributed by atoms with Gasteiger partial charge in [-0.15, -0.1) is 0 Å². The minimum Gasteiger partial charge on any atom is -0.325 e. The van der Waals surface area contributed by atoms with E-state index < -0.39 is 36.0 Å². The van der Waals surface area contributed by atoms with Crippen molar-refractivity contribution in [1.82, 2.24) is 4.90 Å². The lowest BCUT2D eigenvalue weighted by Crippen LogP contribution is -2.37. The van der Waals surface area contributed by atoms with Crippen molar-refractivity contribution in [3.8, 4) is 0 Å². The van der Waals surface area contributed by atoms with Crippen LogP contribution in [0.3, 0.4) is 0 Å². The number of rotatable bonds is 3. The molecule has 2 aromatic carbocycles. The molecule has 0 aliphatic carbocycles. The van der Waals surface area contributed by atoms with Crippen LogP contribution in [0.2, 0.25) is 5.02 Å². The zero-order valence-electron chi connectivity index (χ0n) is 12.9. The maximum absolute atomic E-state index is 12.5. The van der Waals surface area contributed by atoms with Gasteiger partial charge >= 0.3 is 6.18 Å². The van der Waals surface area contributed by atoms with Crippen LogP contribution in [0.1, 0.15) is 26.3 Å². The number of carbonyl (C=O) groups excluding carboxylic acids is 3. The van der Waals surface area contributed by atoms with Gasteiger partial charge in [-0.3, -0.25) is 19.3 Å². The Kier molecular flexibility index (Phi) is 4.45. The second kappa shape index (κ2) is 6.45. The first-order valence-electron chi connectivity index (χ1n) is 7.30. The number of nitrogens with zero attached hydrogens (tertiary/aromatic N) is 1. The number of carbonyl (C=O) groups is 3. The van der Waals surface area contributed by atoms with Gasteiger partial charge < -0.3 is 5.32 Å². The Balaban J connectivity index is 1.71. The maximum Gasteiger partial charge on any atom is 0.416 e. The van der Waals surface area contributed by atoms with Gasteiger partial charge in [-0.1, -0.05) is 17.7 Å². The molecule has 0 unspecified atom stereocenters. The molecule has 134 valence electrons. The molecule has 9 heteroatoms. The molecule has 0 bridgehead atoms. The summed E-state index contributed by atoms with van der Waals surface area (Å²) < 4.78 is 37.6. The van der Waals surface area contributed by atoms with Gasteiger partial charge in [-0.2, -0.15) is 13.2 Å². The van der Waals surface area contributed by atoms with Gasteiger partial charge in [0, 0.05) is 5.69 Å². The second-order valence-electron chi connectivity index (χ2n) is 5.48. The fourth-order valence-electron chi connectivity index (χ4n) is 2.52. The fraction of sp³-hybridized carbons (Fsp3) is 0.118. The molecule has 1 aliphatic rings. The van der Waals surface area contributed by atoms with Gasteiger partial charge in [0.25, 0.3) is 11.8 Å². The summed E-state index contributed by atoms with van der Waals surface area (Å²) in [6, 6.07) is 8.19. The van der Waals surface area contributed by atoms with E-state index in [1.165, 1.54) is 18.2 Å². The number of amides is 3. The highest BCUT2D eigenvalue weighted by atomic mass is 35.5. The van der Waals surface area contributed by atoms with E-state index in [0.717, 1.165) is 29.2 Å². The summed E-state index contributed by atoms with van der Waals surface area (Å²) in [5, 5.41) is 2.45. The summed E-state index contributed by atoms with van der Waals surface area (Å²) in [5.41, 5.74) is -0.616. The van der Waals surface area contributed by atoms with Gasteiger partial charge in [0.1, 0.15) is 6.54 Å². The van der Waals surface area contributed by atoms with Crippen molar-refractivity contribution in [1.29, 1.82) is 0 Å². The average molecular weight is 383 g/mol. The standard InChI is InChI=1S/C17H10ClF3N2O3/c18-12-3-1-2-11-14(12)16(26)23(15(11)25)8-13(24)22-10-6-4-9(5-7-10)17(19,20)21/h1-7H,8H2,(H,22,24). The highest BCUT2D eigenvalue weighted by Crippen LogP contribution is 2.30. The summed E-state index contributed by atoms with van der Waals surface area (Å²) in [6.07, 6.45) is -4.48. The summed E-state index contributed by atoms with van der Waals surface area (Å²) in [6.45, 7) is -0.580. The molecule has 5 nitrogen and oxygen atoms in total. The molecular weight excluding hydrogens is 373 g/mol. The Labute approximate surface area is 150 Å². The Morgan fingerprint density at radius 2 is 1.69 bits per heavy atom. The molecule has 3 amide bonds. The minimum absolute atomic E-state index is 0.0292. The first kappa shape index (κ1) is 17.9. The predicted molar refractivity (Wildman–Crippen MR) is 86.9 cm³/mol. The number of fused-ring (bicyclic) bond motifs is 1. The number of benzene rings is 2. The largest absolute Gasteiger partial charge is 0.416 e. The third kappa shape index (κ3) is 3.28. The van der Waals surface area contributed by atoms with Crippen LogP contribution in [0.5, 0.6) is 0 Å². The molecule has 0 saturated carbocycles. The lowest BCUT2D eigenvalue weighted by Gasteiger charge is -2.14. The van der Waals surface area contributed by atoms with Crippen LogP contribution in [0.25, 0.3) is 0 Å². The zero-order valence-corrected chi connectivity index (χ0v) is 13.7. The van der Waals surface area contributed by atoms with Gasteiger partial charge in [-0.05, 0) is 36.4 Å². The van der Waals surface area contributed by atoms with E-state index in [9.17, 15) is 27.6 Å². The molecule has 0 spiro atoms. The van der Waals surface area contributed by atoms with Crippen LogP contribution in [0, 0.1) is 0 Å². The van der Waals surface area contributed by atoms with Crippen molar-refractivity contribution in [3.63, 3.8) is 0 Å². The van der Waals surface area contributed by atoms with Crippen molar-refractivity contribution in [2.75, 3.05) is 11.9 Å². The highest BCUT2D eigenvalue weighted by molar-refractivity contribution is 6.37. The molecule has 1 heterocycles. The summed E-state index contributed by atoms with van der Waals surface area (Å²) in [5.74, 6) is -2.08. The molecule has 2 aromatic rings. The Bertz CT molecular complexity index is 910. The monoisotopic (exact) mass is 382 g/mol. The van der Waals surface area contributed by atoms with E-state index in [1.54, 1.807) is 0 Å². The fourth-order valence-corrected chi connectivity index (χ4v) is 2.78. The van der Waals surface area contributed by atoms with Crippen molar-refractivity contribution in [2.24, 2.45) is 0 Å². The number of hydrogen-bond acceptors (Lipinski definition) is 3. The molecule has 1 aliphatic heterocycles. The highest BCUT2D eigenvalue weighted by Gasteiger charge is 2.38. The van der Waals surface area contributed by atoms with E-state index in [2.05, 4.69) is 5.32 Å². The SMILES string of the molecule is O=C(CN1C(=O)c2cccc(Cl)c2C1=O)Nc1ccc(C(F)(F)F)cc1. The topological polar surface area (TPSA) is 66.5 Å². The van der Waals surface area contributed by atoms with Crippen molar-refractivity contribution in [3.05, 3.63) is 64.2 Å². The van der Waals surface area contributed by atoms with Gasteiger partial charge in [-0.25, -0.2) is 0 Å². The normalized spacial score (nSPS) is 13.8. The lowest BCUT2D eigenvalue weighted by molar-refractivity contribution is -0.137. The lowest BCUT2D eigenvalue weighted by atomic mass is 10.1. The number of anilines is 1. The number of nitrogens with one attached hydrogen (secondary N) is 1. The van der Waals surface area contributed by atoms with E-state index >= 15 is 0 Å². The number of halogens is 4. The van der Waals surface area contributed by atoms with Gasteiger partial charge in [0.2, 0.25) is 5.91 Å². The van der Waals surface area contributed by atoms with Crippen LogP contribution in [-0.2, 0) is 11.0 Å². The summed E-state index contributed by atoms with van der Waals surface area (Å²) >= 11 is 5.92. The number of imide groups is 1. The van der Waals surface area contributed by atoms with Gasteiger partial charge in [0.05, 0.1) is 21.7 Å². The molecule has 3 rings (SSSR count). The Morgan fingerprint density at radius 1 is 1.04 bits per heavy atom. The third-order valence-corrected chi connectivity index (χ3v) is 4.06. The van der Waals surface area contributed by atoms with Crippen LogP contribution in [0.15, 0.2) is 42.5 Å². The Hall–Kier alpha value is -2.87. The summed E-state index contributed by atoms with van der Waals surface area (Å²) in [7, 11) is 0. The average Bonchev–Trinajstić information content (AvgIpc) is 2.80. The van der Waals surface area contributed by atoms with Crippen LogP contribution < -0.4 is 5.32 Å². The second-order valence-corrected chi connectivity index (χ2v) is 5.89. The Morgan fingerprint density at radius 3 is 2.27 bits per heavy atom. The molecular formula is C17H10ClF3N2O3. The third-order valence-electron chi connectivity index (χ3n) is 3.75. The minimum atomic E-state index is -4.48. The van der Waals surface area contributed by atoms with Gasteiger partial charge in [0.15, 0.2) is 0 Å². The molecule has 0 radical (unpaired) electrons. The first-order chi connectivity index (χ1) is 12.2. The molecule has 1 N–H and O–H groups in total. The van der Waals surface area contributed by atoms with Crippen molar-refractivity contribution >= 4 is 35.0 Å². The predicted octanol–water partition coefficient (Wildman–Crippen LogP) is 3.59. The molecule has 0 saturated heterocycles. The quantitative estimate of drug-likeness (QED) is 0.825. The van der Waals surface area contributed by atoms with Crippen LogP contribution in [-0.4, -0.2) is 29.2 Å². The molecule has 0 aromatic heterocycles.